The summed E-state index contributed by atoms with van der Waals surface area (Å²) in [6.07, 6.45) is 0. The zero-order valence-electron chi connectivity index (χ0n) is 14.2. The second kappa shape index (κ2) is 7.58. The molecule has 0 aliphatic rings. The molecule has 1 N–H and O–H groups in total. The van der Waals surface area contributed by atoms with E-state index in [4.69, 9.17) is 0 Å². The summed E-state index contributed by atoms with van der Waals surface area (Å²) in [4.78, 5) is 32.0. The number of rotatable bonds is 4. The fraction of sp³-hybridized carbons (Fsp3) is 0.111. The first-order valence-electron chi connectivity index (χ1n) is 7.66. The highest BCUT2D eigenvalue weighted by Gasteiger charge is 2.16. The van der Waals surface area contributed by atoms with Crippen LogP contribution in [0.5, 0.6) is 0 Å². The molecule has 9 heteroatoms. The number of carbonyl (C=O) groups is 2. The van der Waals surface area contributed by atoms with Crippen LogP contribution in [-0.2, 0) is 4.74 Å². The summed E-state index contributed by atoms with van der Waals surface area (Å²) in [6, 6.07) is 6.15. The highest BCUT2D eigenvalue weighted by molar-refractivity contribution is 7.14. The van der Waals surface area contributed by atoms with Crippen LogP contribution in [0.3, 0.4) is 0 Å². The Morgan fingerprint density at radius 2 is 1.67 bits per heavy atom. The van der Waals surface area contributed by atoms with Crippen molar-refractivity contribution < 1.29 is 23.1 Å². The van der Waals surface area contributed by atoms with Crippen molar-refractivity contribution >= 4 is 28.3 Å². The Balaban J connectivity index is 1.88. The number of halogens is 2. The van der Waals surface area contributed by atoms with E-state index >= 15 is 0 Å². The Morgan fingerprint density at radius 1 is 1.00 bits per heavy atom. The number of carbonyl (C=O) groups excluding carboxylic acids is 2. The topological polar surface area (TPSA) is 81.2 Å². The van der Waals surface area contributed by atoms with Crippen LogP contribution in [0.15, 0.2) is 35.7 Å². The van der Waals surface area contributed by atoms with Gasteiger partial charge in [-0.2, -0.15) is 0 Å². The zero-order valence-corrected chi connectivity index (χ0v) is 15.1. The Kier molecular flexibility index (Phi) is 5.22. The van der Waals surface area contributed by atoms with Gasteiger partial charge in [-0.25, -0.2) is 23.5 Å². The lowest BCUT2D eigenvalue weighted by atomic mass is 10.0. The molecule has 0 fully saturated rings. The van der Waals surface area contributed by atoms with Gasteiger partial charge >= 0.3 is 5.97 Å². The number of aromatic nitrogens is 2. The van der Waals surface area contributed by atoms with Gasteiger partial charge in [0.1, 0.15) is 17.3 Å². The van der Waals surface area contributed by atoms with Gasteiger partial charge in [0.05, 0.1) is 7.11 Å². The fourth-order valence-electron chi connectivity index (χ4n) is 2.36. The van der Waals surface area contributed by atoms with E-state index in [1.165, 1.54) is 30.7 Å². The van der Waals surface area contributed by atoms with Crippen molar-refractivity contribution in [3.05, 3.63) is 64.4 Å². The van der Waals surface area contributed by atoms with E-state index < -0.39 is 23.5 Å². The highest BCUT2D eigenvalue weighted by atomic mass is 32.1. The third-order valence-electron chi connectivity index (χ3n) is 3.50. The number of nitrogens with zero attached hydrogens (tertiary/aromatic N) is 2. The van der Waals surface area contributed by atoms with E-state index in [0.29, 0.717) is 11.3 Å². The largest absolute Gasteiger partial charge is 0.464 e. The van der Waals surface area contributed by atoms with Crippen LogP contribution < -0.4 is 5.32 Å². The van der Waals surface area contributed by atoms with Crippen LogP contribution in [-0.4, -0.2) is 29.0 Å². The van der Waals surface area contributed by atoms with Gasteiger partial charge in [0, 0.05) is 17.1 Å². The maximum absolute atomic E-state index is 13.5. The Hall–Kier alpha value is -3.20. The van der Waals surface area contributed by atoms with Crippen molar-refractivity contribution in [1.82, 2.24) is 9.97 Å². The van der Waals surface area contributed by atoms with Gasteiger partial charge in [0.25, 0.3) is 5.91 Å². The molecular formula is C18H13F2N3O3S. The zero-order chi connectivity index (χ0) is 19.6. The van der Waals surface area contributed by atoms with Gasteiger partial charge in [0.2, 0.25) is 0 Å². The van der Waals surface area contributed by atoms with E-state index in [-0.39, 0.29) is 22.1 Å². The summed E-state index contributed by atoms with van der Waals surface area (Å²) in [7, 11) is 1.23. The van der Waals surface area contributed by atoms with Crippen molar-refractivity contribution in [3.8, 4) is 11.1 Å². The molecule has 0 atom stereocenters. The van der Waals surface area contributed by atoms with Gasteiger partial charge in [0.15, 0.2) is 10.8 Å². The molecule has 27 heavy (non-hydrogen) atoms. The number of aryl methyl sites for hydroxylation is 1. The van der Waals surface area contributed by atoms with Crippen molar-refractivity contribution in [1.29, 1.82) is 0 Å². The molecule has 2 aromatic heterocycles. The molecule has 138 valence electrons. The van der Waals surface area contributed by atoms with Crippen molar-refractivity contribution in [2.45, 2.75) is 6.92 Å². The lowest BCUT2D eigenvalue weighted by Gasteiger charge is -2.07. The van der Waals surface area contributed by atoms with Crippen LogP contribution in [0.4, 0.5) is 13.9 Å². The second-order valence-corrected chi connectivity index (χ2v) is 6.38. The molecule has 0 aliphatic carbocycles. The molecule has 0 bridgehead atoms. The molecule has 0 spiro atoms. The molecular weight excluding hydrogens is 376 g/mol. The van der Waals surface area contributed by atoms with Crippen molar-refractivity contribution in [3.63, 3.8) is 0 Å². The summed E-state index contributed by atoms with van der Waals surface area (Å²) in [5, 5.41) is 4.18. The summed E-state index contributed by atoms with van der Waals surface area (Å²) >= 11 is 1.05. The number of hydrogen-bond acceptors (Lipinski definition) is 6. The molecule has 6 nitrogen and oxygen atoms in total. The lowest BCUT2D eigenvalue weighted by molar-refractivity contribution is 0.0594. The predicted molar refractivity (Wildman–Crippen MR) is 95.7 cm³/mol. The fourth-order valence-corrected chi connectivity index (χ4v) is 3.04. The predicted octanol–water partition coefficient (Wildman–Crippen LogP) is 3.83. The normalized spacial score (nSPS) is 10.5. The number of nitrogens with one attached hydrogen (secondary N) is 1. The monoisotopic (exact) mass is 389 g/mol. The first-order valence-corrected chi connectivity index (χ1v) is 8.54. The average Bonchev–Trinajstić information content (AvgIpc) is 3.08. The summed E-state index contributed by atoms with van der Waals surface area (Å²) in [5.74, 6) is -2.62. The maximum atomic E-state index is 13.5. The van der Waals surface area contributed by atoms with Crippen LogP contribution in [0.2, 0.25) is 0 Å². The Bertz CT molecular complexity index is 1020. The third kappa shape index (κ3) is 4.32. The Morgan fingerprint density at radius 3 is 2.33 bits per heavy atom. The molecule has 0 saturated heterocycles. The molecule has 1 amide bonds. The number of benzene rings is 1. The summed E-state index contributed by atoms with van der Waals surface area (Å²) < 4.78 is 31.5. The molecule has 0 aliphatic heterocycles. The van der Waals surface area contributed by atoms with E-state index in [0.717, 1.165) is 17.4 Å². The summed E-state index contributed by atoms with van der Waals surface area (Å²) in [6.45, 7) is 1.66. The van der Waals surface area contributed by atoms with Gasteiger partial charge in [-0.3, -0.25) is 10.1 Å². The van der Waals surface area contributed by atoms with Gasteiger partial charge in [-0.1, -0.05) is 0 Å². The molecule has 2 heterocycles. The van der Waals surface area contributed by atoms with Crippen LogP contribution in [0, 0.1) is 18.6 Å². The summed E-state index contributed by atoms with van der Waals surface area (Å²) in [5.41, 5.74) is 1.35. The van der Waals surface area contributed by atoms with Crippen LogP contribution >= 0.6 is 11.3 Å². The minimum Gasteiger partial charge on any atom is -0.464 e. The molecule has 0 saturated carbocycles. The minimum absolute atomic E-state index is 0.0458. The SMILES string of the molecule is COC(=O)c1csc(NC(=O)c2cc(-c3cc(F)cc(F)c3)cc(C)n2)n1. The van der Waals surface area contributed by atoms with Crippen LogP contribution in [0.25, 0.3) is 11.1 Å². The average molecular weight is 389 g/mol. The van der Waals surface area contributed by atoms with E-state index in [9.17, 15) is 18.4 Å². The highest BCUT2D eigenvalue weighted by Crippen LogP contribution is 2.24. The minimum atomic E-state index is -0.719. The van der Waals surface area contributed by atoms with Crippen LogP contribution in [0.1, 0.15) is 26.7 Å². The van der Waals surface area contributed by atoms with Crippen molar-refractivity contribution in [2.75, 3.05) is 12.4 Å². The number of methoxy groups -OCH3 is 1. The maximum Gasteiger partial charge on any atom is 0.357 e. The quantitative estimate of drug-likeness (QED) is 0.686. The number of anilines is 1. The molecule has 3 rings (SSSR count). The molecule has 0 radical (unpaired) electrons. The number of thiazole rings is 1. The second-order valence-electron chi connectivity index (χ2n) is 5.52. The van der Waals surface area contributed by atoms with E-state index in [1.54, 1.807) is 13.0 Å². The van der Waals surface area contributed by atoms with Crippen molar-refractivity contribution in [2.24, 2.45) is 0 Å². The number of amides is 1. The first kappa shape index (κ1) is 18.6. The standard InChI is InChI=1S/C18H13F2N3O3S/c1-9-3-10(11-4-12(19)7-13(20)5-11)6-14(21-9)16(24)23-18-22-15(8-27-18)17(25)26-2/h3-8H,1-2H3,(H,22,23,24). The lowest BCUT2D eigenvalue weighted by Crippen LogP contribution is -2.14. The number of esters is 1. The molecule has 3 aromatic rings. The van der Waals surface area contributed by atoms with Gasteiger partial charge in [-0.15, -0.1) is 11.3 Å². The molecule has 1 aromatic carbocycles. The van der Waals surface area contributed by atoms with E-state index in [2.05, 4.69) is 20.0 Å². The Labute approximate surface area is 156 Å². The van der Waals surface area contributed by atoms with Gasteiger partial charge in [-0.05, 0) is 42.3 Å². The van der Waals surface area contributed by atoms with Gasteiger partial charge < -0.3 is 4.74 Å². The number of ether oxygens (including phenoxy) is 1. The smallest absolute Gasteiger partial charge is 0.357 e. The first-order chi connectivity index (χ1) is 12.9. The van der Waals surface area contributed by atoms with E-state index in [1.807, 2.05) is 0 Å². The number of hydrogen-bond donors (Lipinski definition) is 1. The molecule has 0 unspecified atom stereocenters. The number of pyridine rings is 1. The third-order valence-corrected chi connectivity index (χ3v) is 4.26.